The fourth-order valence-electron chi connectivity index (χ4n) is 2.98. The SMILES string of the molecule is CS(=O)(=O)c1cc(S(N)(=O)=O)ccc1NCc1ccc(N2CCSCC2)cc1. The molecule has 0 unspecified atom stereocenters. The van der Waals surface area contributed by atoms with E-state index in [0.717, 1.165) is 42.5 Å². The summed E-state index contributed by atoms with van der Waals surface area (Å²) in [5, 5.41) is 8.19. The van der Waals surface area contributed by atoms with Gasteiger partial charge in [-0.1, -0.05) is 12.1 Å². The van der Waals surface area contributed by atoms with Crippen molar-refractivity contribution in [2.45, 2.75) is 16.3 Å². The van der Waals surface area contributed by atoms with Crippen molar-refractivity contribution in [3.63, 3.8) is 0 Å². The zero-order valence-corrected chi connectivity index (χ0v) is 17.9. The number of rotatable bonds is 6. The zero-order valence-electron chi connectivity index (χ0n) is 15.5. The number of primary sulfonamides is 1. The van der Waals surface area contributed by atoms with Gasteiger partial charge in [0.15, 0.2) is 9.84 Å². The van der Waals surface area contributed by atoms with Gasteiger partial charge in [0, 0.05) is 43.1 Å². The van der Waals surface area contributed by atoms with Gasteiger partial charge in [-0.3, -0.25) is 0 Å². The molecule has 28 heavy (non-hydrogen) atoms. The molecule has 0 aliphatic carbocycles. The van der Waals surface area contributed by atoms with Gasteiger partial charge in [0.1, 0.15) is 0 Å². The highest BCUT2D eigenvalue weighted by atomic mass is 32.2. The smallest absolute Gasteiger partial charge is 0.238 e. The zero-order chi connectivity index (χ0) is 20.4. The monoisotopic (exact) mass is 441 g/mol. The average Bonchev–Trinajstić information content (AvgIpc) is 2.66. The second-order valence-corrected chi connectivity index (χ2v) is 11.4. The summed E-state index contributed by atoms with van der Waals surface area (Å²) >= 11 is 1.96. The first kappa shape index (κ1) is 21.0. The van der Waals surface area contributed by atoms with Crippen LogP contribution in [0.25, 0.3) is 0 Å². The van der Waals surface area contributed by atoms with E-state index in [1.165, 1.54) is 17.8 Å². The molecule has 0 atom stereocenters. The fourth-order valence-corrected chi connectivity index (χ4v) is 5.37. The molecule has 1 fully saturated rings. The van der Waals surface area contributed by atoms with Crippen LogP contribution in [0.15, 0.2) is 52.3 Å². The third-order valence-corrected chi connectivity index (χ3v) is 7.47. The summed E-state index contributed by atoms with van der Waals surface area (Å²) in [6.07, 6.45) is 1.03. The van der Waals surface area contributed by atoms with Gasteiger partial charge in [-0.2, -0.15) is 11.8 Å². The third-order valence-electron chi connectivity index (χ3n) is 4.48. The summed E-state index contributed by atoms with van der Waals surface area (Å²) < 4.78 is 47.2. The third kappa shape index (κ3) is 5.19. The molecule has 1 saturated heterocycles. The summed E-state index contributed by atoms with van der Waals surface area (Å²) in [6, 6.07) is 11.9. The number of nitrogens with two attached hydrogens (primary N) is 1. The second-order valence-electron chi connectivity index (χ2n) is 6.59. The highest BCUT2D eigenvalue weighted by Crippen LogP contribution is 2.26. The molecule has 2 aromatic rings. The first-order valence-electron chi connectivity index (χ1n) is 8.67. The van der Waals surface area contributed by atoms with Crippen LogP contribution in [-0.4, -0.2) is 47.7 Å². The largest absolute Gasteiger partial charge is 0.380 e. The molecule has 0 bridgehead atoms. The Kier molecular flexibility index (Phi) is 6.23. The second kappa shape index (κ2) is 8.32. The molecular formula is C18H23N3O4S3. The molecular weight excluding hydrogens is 418 g/mol. The van der Waals surface area contributed by atoms with Crippen LogP contribution >= 0.6 is 11.8 Å². The fraction of sp³-hybridized carbons (Fsp3) is 0.333. The maximum Gasteiger partial charge on any atom is 0.238 e. The van der Waals surface area contributed by atoms with Gasteiger partial charge >= 0.3 is 0 Å². The summed E-state index contributed by atoms with van der Waals surface area (Å²) in [5.74, 6) is 2.26. The van der Waals surface area contributed by atoms with E-state index >= 15 is 0 Å². The minimum atomic E-state index is -3.98. The van der Waals surface area contributed by atoms with Crippen LogP contribution in [0.4, 0.5) is 11.4 Å². The van der Waals surface area contributed by atoms with Gasteiger partial charge in [-0.05, 0) is 35.9 Å². The predicted octanol–water partition coefficient (Wildman–Crippen LogP) is 1.90. The number of sulfonamides is 1. The number of benzene rings is 2. The normalized spacial score (nSPS) is 15.4. The molecule has 0 amide bonds. The van der Waals surface area contributed by atoms with Crippen molar-refractivity contribution in [2.75, 3.05) is 41.1 Å². The van der Waals surface area contributed by atoms with Gasteiger partial charge in [0.2, 0.25) is 10.0 Å². The number of anilines is 2. The molecule has 7 nitrogen and oxygen atoms in total. The first-order valence-corrected chi connectivity index (χ1v) is 13.3. The molecule has 0 spiro atoms. The van der Waals surface area contributed by atoms with Gasteiger partial charge in [-0.25, -0.2) is 22.0 Å². The lowest BCUT2D eigenvalue weighted by atomic mass is 10.2. The van der Waals surface area contributed by atoms with E-state index in [1.807, 2.05) is 23.9 Å². The lowest BCUT2D eigenvalue weighted by Gasteiger charge is -2.28. The Hall–Kier alpha value is -1.75. The van der Waals surface area contributed by atoms with Gasteiger partial charge in [0.25, 0.3) is 0 Å². The quantitative estimate of drug-likeness (QED) is 0.704. The molecule has 3 N–H and O–H groups in total. The number of hydrogen-bond acceptors (Lipinski definition) is 7. The Morgan fingerprint density at radius 2 is 1.68 bits per heavy atom. The Morgan fingerprint density at radius 3 is 2.25 bits per heavy atom. The van der Waals surface area contributed by atoms with Crippen LogP contribution in [0.1, 0.15) is 5.56 Å². The van der Waals surface area contributed by atoms with E-state index in [0.29, 0.717) is 12.2 Å². The van der Waals surface area contributed by atoms with E-state index in [9.17, 15) is 16.8 Å². The standard InChI is InChI=1S/C18H23N3O4S3/c1-27(22,23)18-12-16(28(19,24)25)6-7-17(18)20-13-14-2-4-15(5-3-14)21-8-10-26-11-9-21/h2-7,12,20H,8-11,13H2,1H3,(H2,19,24,25). The summed E-state index contributed by atoms with van der Waals surface area (Å²) in [7, 11) is -7.62. The number of sulfone groups is 1. The highest BCUT2D eigenvalue weighted by molar-refractivity contribution is 7.99. The van der Waals surface area contributed by atoms with Crippen molar-refractivity contribution in [1.82, 2.24) is 0 Å². The van der Waals surface area contributed by atoms with E-state index < -0.39 is 19.9 Å². The minimum Gasteiger partial charge on any atom is -0.380 e. The maximum atomic E-state index is 12.1. The molecule has 10 heteroatoms. The first-order chi connectivity index (χ1) is 13.1. The van der Waals surface area contributed by atoms with E-state index in [1.54, 1.807) is 0 Å². The lowest BCUT2D eigenvalue weighted by Crippen LogP contribution is -2.32. The molecule has 1 aliphatic heterocycles. The Balaban J connectivity index is 1.77. The average molecular weight is 442 g/mol. The number of nitrogens with one attached hydrogen (secondary N) is 1. The topological polar surface area (TPSA) is 110 Å². The van der Waals surface area contributed by atoms with Crippen LogP contribution in [0.3, 0.4) is 0 Å². The number of hydrogen-bond donors (Lipinski definition) is 2. The number of thioether (sulfide) groups is 1. The number of nitrogens with zero attached hydrogens (tertiary/aromatic N) is 1. The molecule has 3 rings (SSSR count). The predicted molar refractivity (Wildman–Crippen MR) is 114 cm³/mol. The molecule has 2 aromatic carbocycles. The van der Waals surface area contributed by atoms with Crippen molar-refractivity contribution in [3.05, 3.63) is 48.0 Å². The van der Waals surface area contributed by atoms with Gasteiger partial charge < -0.3 is 10.2 Å². The molecule has 0 radical (unpaired) electrons. The summed E-state index contributed by atoms with van der Waals surface area (Å²) in [4.78, 5) is 2.02. The lowest BCUT2D eigenvalue weighted by molar-refractivity contribution is 0.597. The van der Waals surface area contributed by atoms with E-state index in [-0.39, 0.29) is 9.79 Å². The highest BCUT2D eigenvalue weighted by Gasteiger charge is 2.18. The molecule has 0 saturated carbocycles. The molecule has 0 aromatic heterocycles. The van der Waals surface area contributed by atoms with Crippen LogP contribution in [0.2, 0.25) is 0 Å². The minimum absolute atomic E-state index is 0.0959. The van der Waals surface area contributed by atoms with Crippen LogP contribution in [0.5, 0.6) is 0 Å². The van der Waals surface area contributed by atoms with E-state index in [2.05, 4.69) is 22.3 Å². The summed E-state index contributed by atoms with van der Waals surface area (Å²) in [5.41, 5.74) is 2.51. The Bertz CT molecular complexity index is 1050. The van der Waals surface area contributed by atoms with Crippen molar-refractivity contribution in [3.8, 4) is 0 Å². The van der Waals surface area contributed by atoms with E-state index in [4.69, 9.17) is 5.14 Å². The molecule has 1 aliphatic rings. The summed E-state index contributed by atoms with van der Waals surface area (Å²) in [6.45, 7) is 2.49. The Morgan fingerprint density at radius 1 is 1.04 bits per heavy atom. The van der Waals surface area contributed by atoms with Gasteiger partial charge in [-0.15, -0.1) is 0 Å². The Labute approximate surface area is 170 Å². The maximum absolute atomic E-state index is 12.1. The van der Waals surface area contributed by atoms with Crippen molar-refractivity contribution in [2.24, 2.45) is 5.14 Å². The molecule has 152 valence electrons. The van der Waals surface area contributed by atoms with Crippen molar-refractivity contribution >= 4 is 43.0 Å². The molecule has 1 heterocycles. The van der Waals surface area contributed by atoms with Crippen molar-refractivity contribution in [1.29, 1.82) is 0 Å². The van der Waals surface area contributed by atoms with Crippen LogP contribution < -0.4 is 15.4 Å². The van der Waals surface area contributed by atoms with Crippen molar-refractivity contribution < 1.29 is 16.8 Å². The van der Waals surface area contributed by atoms with Crippen LogP contribution in [0, 0.1) is 0 Å². The van der Waals surface area contributed by atoms with Gasteiger partial charge in [0.05, 0.1) is 15.5 Å². The van der Waals surface area contributed by atoms with Crippen LogP contribution in [-0.2, 0) is 26.4 Å².